The zero-order valence-corrected chi connectivity index (χ0v) is 15.1. The van der Waals surface area contributed by atoms with E-state index < -0.39 is 23.2 Å². The summed E-state index contributed by atoms with van der Waals surface area (Å²) in [5, 5.41) is 9.19. The van der Waals surface area contributed by atoms with Crippen molar-refractivity contribution in [3.05, 3.63) is 77.6 Å². The summed E-state index contributed by atoms with van der Waals surface area (Å²) in [6.07, 6.45) is 4.56. The lowest BCUT2D eigenvalue weighted by Crippen LogP contribution is -1.91. The number of phenols is 1. The van der Waals surface area contributed by atoms with Gasteiger partial charge in [-0.25, -0.2) is 13.2 Å². The molecule has 140 valence electrons. The molecule has 0 aromatic heterocycles. The highest BCUT2D eigenvalue weighted by Gasteiger charge is 2.14. The van der Waals surface area contributed by atoms with E-state index in [0.29, 0.717) is 5.56 Å². The van der Waals surface area contributed by atoms with E-state index in [1.807, 2.05) is 24.3 Å². The maximum absolute atomic E-state index is 14.6. The van der Waals surface area contributed by atoms with Crippen LogP contribution in [0.3, 0.4) is 0 Å². The predicted octanol–water partition coefficient (Wildman–Crippen LogP) is 6.88. The molecule has 0 radical (unpaired) electrons. The van der Waals surface area contributed by atoms with Gasteiger partial charge in [0.1, 0.15) is 5.82 Å². The Bertz CT molecular complexity index is 910. The zero-order valence-electron chi connectivity index (χ0n) is 15.1. The topological polar surface area (TPSA) is 20.2 Å². The van der Waals surface area contributed by atoms with E-state index >= 15 is 0 Å². The first-order chi connectivity index (χ1) is 13.0. The Kier molecular flexibility index (Phi) is 5.84. The van der Waals surface area contributed by atoms with E-state index in [9.17, 15) is 18.3 Å². The fraction of sp³-hybridized carbons (Fsp3) is 0.217. The molecule has 27 heavy (non-hydrogen) atoms. The summed E-state index contributed by atoms with van der Waals surface area (Å²) in [5.74, 6) is -3.88. The predicted molar refractivity (Wildman–Crippen MR) is 102 cm³/mol. The van der Waals surface area contributed by atoms with Crippen LogP contribution in [-0.4, -0.2) is 5.11 Å². The second kappa shape index (κ2) is 8.30. The van der Waals surface area contributed by atoms with Gasteiger partial charge in [0.15, 0.2) is 17.4 Å². The molecule has 0 amide bonds. The molecule has 0 bridgehead atoms. The molecule has 0 atom stereocenters. The molecule has 1 N–H and O–H groups in total. The number of rotatable bonds is 6. The van der Waals surface area contributed by atoms with Gasteiger partial charge in [-0.05, 0) is 53.3 Å². The number of aryl methyl sites for hydroxylation is 1. The van der Waals surface area contributed by atoms with E-state index in [4.69, 9.17) is 0 Å². The van der Waals surface area contributed by atoms with Crippen LogP contribution in [0.4, 0.5) is 13.2 Å². The first-order valence-electron chi connectivity index (χ1n) is 9.07. The summed E-state index contributed by atoms with van der Waals surface area (Å²) in [4.78, 5) is 0. The van der Waals surface area contributed by atoms with E-state index in [-0.39, 0.29) is 11.1 Å². The van der Waals surface area contributed by atoms with E-state index in [1.54, 1.807) is 6.07 Å². The molecule has 0 saturated carbocycles. The Morgan fingerprint density at radius 2 is 1.30 bits per heavy atom. The standard InChI is InChI=1S/C23H21F3O/c1-2-3-4-5-15-6-8-16(9-7-15)17-10-11-19(20(24)12-17)18-13-21(25)23(27)22(26)14-18/h6-14,27H,2-5H2,1H3. The number of hydrogen-bond acceptors (Lipinski definition) is 1. The largest absolute Gasteiger partial charge is 0.503 e. The molecule has 0 aliphatic carbocycles. The first-order valence-corrected chi connectivity index (χ1v) is 9.07. The third-order valence-electron chi connectivity index (χ3n) is 4.65. The van der Waals surface area contributed by atoms with Crippen molar-refractivity contribution in [2.45, 2.75) is 32.6 Å². The van der Waals surface area contributed by atoms with Crippen LogP contribution in [0.15, 0.2) is 54.6 Å². The van der Waals surface area contributed by atoms with Gasteiger partial charge in [-0.15, -0.1) is 0 Å². The van der Waals surface area contributed by atoms with Crippen LogP contribution in [0.25, 0.3) is 22.3 Å². The molecule has 1 nitrogen and oxygen atoms in total. The van der Waals surface area contributed by atoms with Crippen molar-refractivity contribution in [3.63, 3.8) is 0 Å². The van der Waals surface area contributed by atoms with Crippen LogP contribution in [0.2, 0.25) is 0 Å². The van der Waals surface area contributed by atoms with Crippen LogP contribution in [0.5, 0.6) is 5.75 Å². The zero-order chi connectivity index (χ0) is 19.4. The SMILES string of the molecule is CCCCCc1ccc(-c2ccc(-c3cc(F)c(O)c(F)c3)c(F)c2)cc1. The normalized spacial score (nSPS) is 11.0. The minimum Gasteiger partial charge on any atom is -0.503 e. The van der Waals surface area contributed by atoms with E-state index in [2.05, 4.69) is 6.92 Å². The van der Waals surface area contributed by atoms with Crippen molar-refractivity contribution in [2.24, 2.45) is 0 Å². The summed E-state index contributed by atoms with van der Waals surface area (Å²) in [6, 6.07) is 14.4. The fourth-order valence-corrected chi connectivity index (χ4v) is 3.09. The van der Waals surface area contributed by atoms with E-state index in [1.165, 1.54) is 30.5 Å². The Labute approximate surface area is 157 Å². The maximum atomic E-state index is 14.6. The lowest BCUT2D eigenvalue weighted by atomic mass is 9.98. The second-order valence-corrected chi connectivity index (χ2v) is 6.64. The Hall–Kier alpha value is -2.75. The molecular formula is C23H21F3O. The maximum Gasteiger partial charge on any atom is 0.187 e. The average molecular weight is 370 g/mol. The Morgan fingerprint density at radius 1 is 0.704 bits per heavy atom. The van der Waals surface area contributed by atoms with Crippen molar-refractivity contribution in [3.8, 4) is 28.0 Å². The number of benzene rings is 3. The van der Waals surface area contributed by atoms with Crippen LogP contribution in [-0.2, 0) is 6.42 Å². The van der Waals surface area contributed by atoms with Crippen molar-refractivity contribution < 1.29 is 18.3 Å². The third kappa shape index (κ3) is 4.33. The van der Waals surface area contributed by atoms with Crippen LogP contribution in [0.1, 0.15) is 31.7 Å². The van der Waals surface area contributed by atoms with Gasteiger partial charge in [0.2, 0.25) is 0 Å². The smallest absolute Gasteiger partial charge is 0.187 e. The molecule has 0 aliphatic heterocycles. The molecule has 0 spiro atoms. The fourth-order valence-electron chi connectivity index (χ4n) is 3.09. The number of phenolic OH excluding ortho intramolecular Hbond substituents is 1. The Balaban J connectivity index is 1.84. The van der Waals surface area contributed by atoms with Crippen molar-refractivity contribution >= 4 is 0 Å². The van der Waals surface area contributed by atoms with Crippen LogP contribution < -0.4 is 0 Å². The summed E-state index contributed by atoms with van der Waals surface area (Å²) in [6.45, 7) is 2.17. The van der Waals surface area contributed by atoms with Crippen LogP contribution >= 0.6 is 0 Å². The molecule has 3 aromatic carbocycles. The van der Waals surface area contributed by atoms with Crippen LogP contribution in [0, 0.1) is 17.5 Å². The minimum absolute atomic E-state index is 0.0399. The molecule has 3 aromatic rings. The van der Waals surface area contributed by atoms with Gasteiger partial charge in [-0.3, -0.25) is 0 Å². The molecule has 4 heteroatoms. The number of halogens is 3. The Morgan fingerprint density at radius 3 is 1.89 bits per heavy atom. The van der Waals surface area contributed by atoms with Crippen molar-refractivity contribution in [1.82, 2.24) is 0 Å². The molecule has 0 fully saturated rings. The monoisotopic (exact) mass is 370 g/mol. The molecule has 0 aliphatic rings. The van der Waals surface area contributed by atoms with Crippen molar-refractivity contribution in [2.75, 3.05) is 0 Å². The average Bonchev–Trinajstić information content (AvgIpc) is 2.66. The van der Waals surface area contributed by atoms with Gasteiger partial charge in [-0.2, -0.15) is 0 Å². The number of aromatic hydroxyl groups is 1. The number of unbranched alkanes of at least 4 members (excludes halogenated alkanes) is 2. The minimum atomic E-state index is -1.12. The molecule has 3 rings (SSSR count). The summed E-state index contributed by atoms with van der Waals surface area (Å²) in [7, 11) is 0. The van der Waals surface area contributed by atoms with E-state index in [0.717, 1.165) is 30.5 Å². The lowest BCUT2D eigenvalue weighted by Gasteiger charge is -2.09. The molecular weight excluding hydrogens is 349 g/mol. The van der Waals surface area contributed by atoms with Gasteiger partial charge >= 0.3 is 0 Å². The summed E-state index contributed by atoms with van der Waals surface area (Å²) >= 11 is 0. The van der Waals surface area contributed by atoms with Gasteiger partial charge in [-0.1, -0.05) is 56.2 Å². The highest BCUT2D eigenvalue weighted by molar-refractivity contribution is 5.71. The highest BCUT2D eigenvalue weighted by Crippen LogP contribution is 2.32. The summed E-state index contributed by atoms with van der Waals surface area (Å²) < 4.78 is 41.6. The van der Waals surface area contributed by atoms with Gasteiger partial charge in [0.05, 0.1) is 0 Å². The summed E-state index contributed by atoms with van der Waals surface area (Å²) in [5.41, 5.74) is 2.93. The highest BCUT2D eigenvalue weighted by atomic mass is 19.1. The molecule has 0 saturated heterocycles. The third-order valence-corrected chi connectivity index (χ3v) is 4.65. The number of hydrogen-bond donors (Lipinski definition) is 1. The van der Waals surface area contributed by atoms with Gasteiger partial charge in [0.25, 0.3) is 0 Å². The molecule has 0 unspecified atom stereocenters. The molecule has 0 heterocycles. The quantitative estimate of drug-likeness (QED) is 0.469. The van der Waals surface area contributed by atoms with Gasteiger partial charge < -0.3 is 5.11 Å². The van der Waals surface area contributed by atoms with Crippen molar-refractivity contribution in [1.29, 1.82) is 0 Å². The lowest BCUT2D eigenvalue weighted by molar-refractivity contribution is 0.396. The first kappa shape index (κ1) is 19.0. The second-order valence-electron chi connectivity index (χ2n) is 6.64. The van der Waals surface area contributed by atoms with Gasteiger partial charge in [0, 0.05) is 5.56 Å².